The number of hydrogen-bond acceptors (Lipinski definition) is 2. The Kier molecular flexibility index (Phi) is 3.32. The van der Waals surface area contributed by atoms with Gasteiger partial charge in [-0.3, -0.25) is 4.98 Å². The molecule has 0 bridgehead atoms. The highest BCUT2D eigenvalue weighted by Gasteiger charge is 2.07. The molecule has 1 N–H and O–H groups in total. The minimum atomic E-state index is -0.853. The number of aromatic nitrogens is 1. The van der Waals surface area contributed by atoms with Crippen LogP contribution >= 0.6 is 0 Å². The van der Waals surface area contributed by atoms with Crippen LogP contribution < -0.4 is 5.32 Å². The van der Waals surface area contributed by atoms with Crippen molar-refractivity contribution in [2.45, 2.75) is 13.0 Å². The quantitative estimate of drug-likeness (QED) is 0.878. The highest BCUT2D eigenvalue weighted by Crippen LogP contribution is 2.20. The summed E-state index contributed by atoms with van der Waals surface area (Å²) in [5.74, 6) is -1.70. The normalized spacial score (nSPS) is 12.2. The van der Waals surface area contributed by atoms with Gasteiger partial charge in [0, 0.05) is 24.1 Å². The Morgan fingerprint density at radius 2 is 2.00 bits per heavy atom. The van der Waals surface area contributed by atoms with Crippen LogP contribution in [0.25, 0.3) is 0 Å². The molecule has 0 aliphatic heterocycles. The second kappa shape index (κ2) is 4.91. The zero-order valence-corrected chi connectivity index (χ0v) is 9.32. The molecule has 2 aromatic rings. The molecule has 88 valence electrons. The molecule has 0 saturated carbocycles. The van der Waals surface area contributed by atoms with E-state index in [1.54, 1.807) is 12.4 Å². The Bertz CT molecular complexity index is 500. The molecule has 0 fully saturated rings. The zero-order chi connectivity index (χ0) is 12.3. The van der Waals surface area contributed by atoms with Crippen molar-refractivity contribution in [3.63, 3.8) is 0 Å². The van der Waals surface area contributed by atoms with Gasteiger partial charge < -0.3 is 5.32 Å². The average Bonchev–Trinajstić information content (AvgIpc) is 2.35. The van der Waals surface area contributed by atoms with Crippen molar-refractivity contribution in [1.82, 2.24) is 4.98 Å². The Labute approximate surface area is 98.3 Å². The third kappa shape index (κ3) is 2.78. The van der Waals surface area contributed by atoms with E-state index < -0.39 is 11.6 Å². The van der Waals surface area contributed by atoms with Crippen LogP contribution in [-0.2, 0) is 0 Å². The summed E-state index contributed by atoms with van der Waals surface area (Å²) in [6.45, 7) is 1.93. The van der Waals surface area contributed by atoms with Crippen LogP contribution in [0.3, 0.4) is 0 Å². The first-order chi connectivity index (χ1) is 8.16. The molecule has 0 radical (unpaired) electrons. The number of rotatable bonds is 3. The fourth-order valence-corrected chi connectivity index (χ4v) is 1.55. The third-order valence-electron chi connectivity index (χ3n) is 2.49. The molecule has 1 unspecified atom stereocenters. The lowest BCUT2D eigenvalue weighted by Crippen LogP contribution is -2.07. The van der Waals surface area contributed by atoms with E-state index in [1.807, 2.05) is 19.1 Å². The highest BCUT2D eigenvalue weighted by atomic mass is 19.2. The van der Waals surface area contributed by atoms with Gasteiger partial charge in [0.2, 0.25) is 0 Å². The predicted octanol–water partition coefficient (Wildman–Crippen LogP) is 3.53. The van der Waals surface area contributed by atoms with Gasteiger partial charge in [0.15, 0.2) is 11.6 Å². The number of hydrogen-bond donors (Lipinski definition) is 1. The second-order valence-corrected chi connectivity index (χ2v) is 3.78. The van der Waals surface area contributed by atoms with E-state index in [-0.39, 0.29) is 6.04 Å². The SMILES string of the molecule is CC(Nc1ccc(F)c(F)c1)c1cccnc1. The molecule has 1 aromatic heterocycles. The minimum absolute atomic E-state index is 0.0199. The predicted molar refractivity (Wildman–Crippen MR) is 62.6 cm³/mol. The number of halogens is 2. The summed E-state index contributed by atoms with van der Waals surface area (Å²) in [7, 11) is 0. The first kappa shape index (κ1) is 11.5. The van der Waals surface area contributed by atoms with Gasteiger partial charge in [-0.2, -0.15) is 0 Å². The summed E-state index contributed by atoms with van der Waals surface area (Å²) in [6, 6.07) is 7.48. The molecule has 1 heterocycles. The Morgan fingerprint density at radius 3 is 2.65 bits per heavy atom. The molecule has 1 aromatic carbocycles. The van der Waals surface area contributed by atoms with Gasteiger partial charge in [-0.1, -0.05) is 6.07 Å². The topological polar surface area (TPSA) is 24.9 Å². The molecule has 0 spiro atoms. The smallest absolute Gasteiger partial charge is 0.160 e. The monoisotopic (exact) mass is 234 g/mol. The summed E-state index contributed by atoms with van der Waals surface area (Å²) in [5.41, 5.74) is 1.53. The van der Waals surface area contributed by atoms with Crippen LogP contribution in [-0.4, -0.2) is 4.98 Å². The first-order valence-electron chi connectivity index (χ1n) is 5.28. The van der Waals surface area contributed by atoms with Gasteiger partial charge in [0.25, 0.3) is 0 Å². The maximum absolute atomic E-state index is 13.0. The van der Waals surface area contributed by atoms with Crippen molar-refractivity contribution in [3.05, 3.63) is 59.9 Å². The Morgan fingerprint density at radius 1 is 1.18 bits per heavy atom. The molecule has 0 aliphatic carbocycles. The van der Waals surface area contributed by atoms with Gasteiger partial charge in [-0.05, 0) is 30.7 Å². The molecule has 0 amide bonds. The lowest BCUT2D eigenvalue weighted by molar-refractivity contribution is 0.509. The maximum atomic E-state index is 13.0. The van der Waals surface area contributed by atoms with Crippen molar-refractivity contribution in [2.24, 2.45) is 0 Å². The standard InChI is InChI=1S/C13H12F2N2/c1-9(10-3-2-6-16-8-10)17-11-4-5-12(14)13(15)7-11/h2-9,17H,1H3. The number of benzene rings is 1. The van der Waals surface area contributed by atoms with Crippen molar-refractivity contribution in [1.29, 1.82) is 0 Å². The number of anilines is 1. The van der Waals surface area contributed by atoms with E-state index in [0.29, 0.717) is 5.69 Å². The van der Waals surface area contributed by atoms with Gasteiger partial charge in [0.1, 0.15) is 0 Å². The zero-order valence-electron chi connectivity index (χ0n) is 9.32. The van der Waals surface area contributed by atoms with Gasteiger partial charge in [-0.25, -0.2) is 8.78 Å². The summed E-state index contributed by atoms with van der Waals surface area (Å²) in [5, 5.41) is 3.08. The van der Waals surface area contributed by atoms with E-state index in [2.05, 4.69) is 10.3 Å². The van der Waals surface area contributed by atoms with Crippen molar-refractivity contribution in [2.75, 3.05) is 5.32 Å². The lowest BCUT2D eigenvalue weighted by Gasteiger charge is -2.15. The van der Waals surface area contributed by atoms with Crippen molar-refractivity contribution >= 4 is 5.69 Å². The van der Waals surface area contributed by atoms with E-state index in [4.69, 9.17) is 0 Å². The number of pyridine rings is 1. The third-order valence-corrected chi connectivity index (χ3v) is 2.49. The number of nitrogens with one attached hydrogen (secondary N) is 1. The molecule has 4 heteroatoms. The average molecular weight is 234 g/mol. The Balaban J connectivity index is 2.13. The molecular formula is C13H12F2N2. The van der Waals surface area contributed by atoms with E-state index >= 15 is 0 Å². The van der Waals surface area contributed by atoms with E-state index in [0.717, 1.165) is 17.7 Å². The van der Waals surface area contributed by atoms with E-state index in [1.165, 1.54) is 6.07 Å². The fraction of sp³-hybridized carbons (Fsp3) is 0.154. The van der Waals surface area contributed by atoms with Crippen LogP contribution in [0.5, 0.6) is 0 Å². The molecule has 1 atom stereocenters. The summed E-state index contributed by atoms with van der Waals surface area (Å²) in [6.07, 6.45) is 3.42. The number of nitrogens with zero attached hydrogens (tertiary/aromatic N) is 1. The summed E-state index contributed by atoms with van der Waals surface area (Å²) in [4.78, 5) is 4.00. The van der Waals surface area contributed by atoms with Crippen LogP contribution in [0.15, 0.2) is 42.7 Å². The highest BCUT2D eigenvalue weighted by molar-refractivity contribution is 5.45. The van der Waals surface area contributed by atoms with Gasteiger partial charge >= 0.3 is 0 Å². The molecule has 0 aliphatic rings. The molecule has 2 rings (SSSR count). The van der Waals surface area contributed by atoms with Gasteiger partial charge in [0.05, 0.1) is 6.04 Å². The summed E-state index contributed by atoms with van der Waals surface area (Å²) < 4.78 is 25.8. The van der Waals surface area contributed by atoms with Crippen LogP contribution in [0.4, 0.5) is 14.5 Å². The maximum Gasteiger partial charge on any atom is 0.160 e. The molecule has 2 nitrogen and oxygen atoms in total. The molecule has 0 saturated heterocycles. The Hall–Kier alpha value is -1.97. The largest absolute Gasteiger partial charge is 0.378 e. The van der Waals surface area contributed by atoms with E-state index in [9.17, 15) is 8.78 Å². The fourth-order valence-electron chi connectivity index (χ4n) is 1.55. The van der Waals surface area contributed by atoms with Crippen LogP contribution in [0, 0.1) is 11.6 Å². The van der Waals surface area contributed by atoms with Crippen LogP contribution in [0.2, 0.25) is 0 Å². The molecular weight excluding hydrogens is 222 g/mol. The lowest BCUT2D eigenvalue weighted by atomic mass is 10.1. The van der Waals surface area contributed by atoms with Crippen molar-refractivity contribution in [3.8, 4) is 0 Å². The molecule has 17 heavy (non-hydrogen) atoms. The van der Waals surface area contributed by atoms with Crippen molar-refractivity contribution < 1.29 is 8.78 Å². The minimum Gasteiger partial charge on any atom is -0.378 e. The van der Waals surface area contributed by atoms with Crippen LogP contribution in [0.1, 0.15) is 18.5 Å². The second-order valence-electron chi connectivity index (χ2n) is 3.78. The summed E-state index contributed by atoms with van der Waals surface area (Å²) >= 11 is 0. The van der Waals surface area contributed by atoms with Gasteiger partial charge in [-0.15, -0.1) is 0 Å². The first-order valence-corrected chi connectivity index (χ1v) is 5.28.